The van der Waals surface area contributed by atoms with Crippen LogP contribution in [-0.2, 0) is 6.42 Å². The van der Waals surface area contributed by atoms with Gasteiger partial charge in [0.25, 0.3) is 0 Å². The van der Waals surface area contributed by atoms with Gasteiger partial charge in [0.2, 0.25) is 0 Å². The van der Waals surface area contributed by atoms with Crippen molar-refractivity contribution in [2.24, 2.45) is 0 Å². The molecule has 3 heteroatoms. The number of aromatic amines is 1. The maximum atomic E-state index is 3.52. The molecule has 1 aliphatic rings. The summed E-state index contributed by atoms with van der Waals surface area (Å²) in [5, 5.41) is 4.88. The first kappa shape index (κ1) is 9.87. The summed E-state index contributed by atoms with van der Waals surface area (Å²) in [7, 11) is 2.15. The minimum absolute atomic E-state index is 0.587. The first-order valence-electron chi connectivity index (χ1n) is 5.80. The molecule has 1 aliphatic heterocycles. The lowest BCUT2D eigenvalue weighted by molar-refractivity contribution is 0.406. The molecule has 2 heterocycles. The highest BCUT2D eigenvalue weighted by Crippen LogP contribution is 2.19. The summed E-state index contributed by atoms with van der Waals surface area (Å²) < 4.78 is 0. The smallest absolute Gasteiger partial charge is 0.0480 e. The Hall–Kier alpha value is -1.32. The number of nitrogens with zero attached hydrogens (tertiary/aromatic N) is 1. The van der Waals surface area contributed by atoms with Crippen LogP contribution in [0.2, 0.25) is 0 Å². The van der Waals surface area contributed by atoms with E-state index >= 15 is 0 Å². The predicted molar refractivity (Wildman–Crippen MR) is 66.4 cm³/mol. The molecular formula is C13H17N3. The van der Waals surface area contributed by atoms with E-state index in [-0.39, 0.29) is 0 Å². The van der Waals surface area contributed by atoms with E-state index in [4.69, 9.17) is 0 Å². The van der Waals surface area contributed by atoms with Crippen molar-refractivity contribution in [3.8, 4) is 0 Å². The van der Waals surface area contributed by atoms with Crippen molar-refractivity contribution >= 4 is 10.9 Å². The average Bonchev–Trinajstić information content (AvgIpc) is 2.87. The van der Waals surface area contributed by atoms with E-state index < -0.39 is 0 Å². The van der Waals surface area contributed by atoms with Crippen molar-refractivity contribution in [2.45, 2.75) is 12.5 Å². The molecule has 1 aromatic carbocycles. The highest BCUT2D eigenvalue weighted by atomic mass is 15.3. The summed E-state index contributed by atoms with van der Waals surface area (Å²) in [6.45, 7) is 2.15. The molecule has 3 nitrogen and oxygen atoms in total. The van der Waals surface area contributed by atoms with Crippen LogP contribution in [0, 0.1) is 0 Å². The van der Waals surface area contributed by atoms with E-state index in [1.165, 1.54) is 16.5 Å². The van der Waals surface area contributed by atoms with E-state index in [1.807, 2.05) is 0 Å². The van der Waals surface area contributed by atoms with Gasteiger partial charge in [-0.25, -0.2) is 0 Å². The third kappa shape index (κ3) is 1.72. The molecule has 2 N–H and O–H groups in total. The molecule has 1 atom stereocenters. The lowest BCUT2D eigenvalue weighted by Gasteiger charge is -2.08. The quantitative estimate of drug-likeness (QED) is 0.796. The van der Waals surface area contributed by atoms with Crippen molar-refractivity contribution < 1.29 is 0 Å². The molecular weight excluding hydrogens is 198 g/mol. The van der Waals surface area contributed by atoms with Crippen LogP contribution in [0.4, 0.5) is 0 Å². The lowest BCUT2D eigenvalue weighted by Crippen LogP contribution is -2.25. The van der Waals surface area contributed by atoms with E-state index in [1.54, 1.807) is 0 Å². The highest BCUT2D eigenvalue weighted by molar-refractivity contribution is 5.83. The number of para-hydroxylation sites is 1. The Bertz CT molecular complexity index is 489. The number of benzene rings is 1. The molecule has 2 aromatic rings. The van der Waals surface area contributed by atoms with Crippen LogP contribution >= 0.6 is 0 Å². The molecule has 0 bridgehead atoms. The number of hydrogen-bond donors (Lipinski definition) is 2. The lowest BCUT2D eigenvalue weighted by atomic mass is 10.1. The molecule has 0 amide bonds. The summed E-state index contributed by atoms with van der Waals surface area (Å²) in [4.78, 5) is 5.65. The third-order valence-corrected chi connectivity index (χ3v) is 3.32. The maximum Gasteiger partial charge on any atom is 0.0480 e. The van der Waals surface area contributed by atoms with E-state index in [0.717, 1.165) is 19.6 Å². The normalized spacial score (nSPS) is 21.9. The third-order valence-electron chi connectivity index (χ3n) is 3.32. The minimum Gasteiger partial charge on any atom is -0.361 e. The Morgan fingerprint density at radius 1 is 1.38 bits per heavy atom. The summed E-state index contributed by atoms with van der Waals surface area (Å²) in [6, 6.07) is 9.09. The average molecular weight is 215 g/mol. The summed E-state index contributed by atoms with van der Waals surface area (Å²) >= 11 is 0. The summed E-state index contributed by atoms with van der Waals surface area (Å²) in [5.74, 6) is 0. The predicted octanol–water partition coefficient (Wildman–Crippen LogP) is 1.57. The van der Waals surface area contributed by atoms with E-state index in [0.29, 0.717) is 6.04 Å². The summed E-state index contributed by atoms with van der Waals surface area (Å²) in [5.41, 5.74) is 2.66. The van der Waals surface area contributed by atoms with Gasteiger partial charge in [-0.2, -0.15) is 0 Å². The van der Waals surface area contributed by atoms with Gasteiger partial charge in [0.15, 0.2) is 0 Å². The number of likely N-dealkylation sites (N-methyl/N-ethyl adjacent to an activating group) is 1. The molecule has 0 saturated carbocycles. The van der Waals surface area contributed by atoms with E-state index in [9.17, 15) is 0 Å². The van der Waals surface area contributed by atoms with Gasteiger partial charge < -0.3 is 4.98 Å². The van der Waals surface area contributed by atoms with Gasteiger partial charge in [0.1, 0.15) is 0 Å². The molecule has 1 aromatic heterocycles. The van der Waals surface area contributed by atoms with Gasteiger partial charge in [-0.1, -0.05) is 18.2 Å². The SMILES string of the molecule is CN1CNC(Cc2c[nH]c3ccccc23)C1. The zero-order valence-electron chi connectivity index (χ0n) is 9.53. The van der Waals surface area contributed by atoms with Gasteiger partial charge in [0.05, 0.1) is 0 Å². The minimum atomic E-state index is 0.587. The van der Waals surface area contributed by atoms with Gasteiger partial charge in [0, 0.05) is 36.4 Å². The second-order valence-corrected chi connectivity index (χ2v) is 4.66. The van der Waals surface area contributed by atoms with Crippen molar-refractivity contribution in [1.29, 1.82) is 0 Å². The maximum absolute atomic E-state index is 3.52. The number of hydrogen-bond acceptors (Lipinski definition) is 2. The van der Waals surface area contributed by atoms with Crippen molar-refractivity contribution in [1.82, 2.24) is 15.2 Å². The molecule has 84 valence electrons. The Kier molecular flexibility index (Phi) is 2.42. The Labute approximate surface area is 95.5 Å². The monoisotopic (exact) mass is 215 g/mol. The fraction of sp³-hybridized carbons (Fsp3) is 0.385. The van der Waals surface area contributed by atoms with Gasteiger partial charge in [-0.05, 0) is 25.1 Å². The molecule has 1 saturated heterocycles. The second-order valence-electron chi connectivity index (χ2n) is 4.66. The zero-order chi connectivity index (χ0) is 11.0. The van der Waals surface area contributed by atoms with Crippen molar-refractivity contribution in [3.05, 3.63) is 36.0 Å². The Morgan fingerprint density at radius 2 is 2.25 bits per heavy atom. The standard InChI is InChI=1S/C13H17N3/c1-16-8-11(15-9-16)6-10-7-14-13-5-3-2-4-12(10)13/h2-5,7,11,14-15H,6,8-9H2,1H3. The number of H-pyrrole nitrogens is 1. The van der Waals surface area contributed by atoms with Crippen LogP contribution in [0.15, 0.2) is 30.5 Å². The first-order chi connectivity index (χ1) is 7.83. The van der Waals surface area contributed by atoms with Gasteiger partial charge in [-0.3, -0.25) is 10.2 Å². The number of aromatic nitrogens is 1. The molecule has 0 spiro atoms. The van der Waals surface area contributed by atoms with Crippen LogP contribution in [0.25, 0.3) is 10.9 Å². The van der Waals surface area contributed by atoms with Crippen LogP contribution < -0.4 is 5.32 Å². The fourth-order valence-electron chi connectivity index (χ4n) is 2.49. The highest BCUT2D eigenvalue weighted by Gasteiger charge is 2.19. The van der Waals surface area contributed by atoms with E-state index in [2.05, 4.69) is 52.7 Å². The number of rotatable bonds is 2. The summed E-state index contributed by atoms with van der Waals surface area (Å²) in [6.07, 6.45) is 3.25. The number of fused-ring (bicyclic) bond motifs is 1. The van der Waals surface area contributed by atoms with Gasteiger partial charge >= 0.3 is 0 Å². The molecule has 0 radical (unpaired) electrons. The Morgan fingerprint density at radius 3 is 3.06 bits per heavy atom. The number of nitrogens with one attached hydrogen (secondary N) is 2. The largest absolute Gasteiger partial charge is 0.361 e. The zero-order valence-corrected chi connectivity index (χ0v) is 9.53. The molecule has 3 rings (SSSR count). The van der Waals surface area contributed by atoms with Crippen molar-refractivity contribution in [2.75, 3.05) is 20.3 Å². The molecule has 16 heavy (non-hydrogen) atoms. The van der Waals surface area contributed by atoms with Crippen LogP contribution in [0.5, 0.6) is 0 Å². The van der Waals surface area contributed by atoms with Crippen molar-refractivity contribution in [3.63, 3.8) is 0 Å². The topological polar surface area (TPSA) is 31.1 Å². The Balaban J connectivity index is 1.84. The van der Waals surface area contributed by atoms with Crippen LogP contribution in [-0.4, -0.2) is 36.2 Å². The fourth-order valence-corrected chi connectivity index (χ4v) is 2.49. The van der Waals surface area contributed by atoms with Gasteiger partial charge in [-0.15, -0.1) is 0 Å². The molecule has 0 aliphatic carbocycles. The van der Waals surface area contributed by atoms with Crippen LogP contribution in [0.3, 0.4) is 0 Å². The molecule has 1 unspecified atom stereocenters. The van der Waals surface area contributed by atoms with Crippen LogP contribution in [0.1, 0.15) is 5.56 Å². The first-order valence-corrected chi connectivity index (χ1v) is 5.80. The second kappa shape index (κ2) is 3.92. The molecule has 1 fully saturated rings.